The highest BCUT2D eigenvalue weighted by molar-refractivity contribution is 8.01. The number of hydrogen-bond acceptors (Lipinski definition) is 7. The van der Waals surface area contributed by atoms with Gasteiger partial charge < -0.3 is 0 Å². The van der Waals surface area contributed by atoms with Crippen LogP contribution < -0.4 is 10.3 Å². The summed E-state index contributed by atoms with van der Waals surface area (Å²) >= 11 is 8.90. The molecule has 27 heavy (non-hydrogen) atoms. The van der Waals surface area contributed by atoms with Gasteiger partial charge in [-0.2, -0.15) is 5.10 Å². The van der Waals surface area contributed by atoms with E-state index in [1.165, 1.54) is 28.1 Å². The molecule has 1 aromatic carbocycles. The number of carbonyl (C=O) groups is 2. The molecule has 1 aromatic heterocycles. The lowest BCUT2D eigenvalue weighted by atomic mass is 10.1. The molecule has 0 unspecified atom stereocenters. The Balaban J connectivity index is 1.75. The molecule has 0 saturated heterocycles. The Morgan fingerprint density at radius 3 is 3.00 bits per heavy atom. The van der Waals surface area contributed by atoms with Crippen molar-refractivity contribution in [2.24, 2.45) is 5.10 Å². The Morgan fingerprint density at radius 2 is 2.26 bits per heavy atom. The first-order chi connectivity index (χ1) is 13.0. The number of hydrazone groups is 1. The second-order valence-electron chi connectivity index (χ2n) is 5.61. The van der Waals surface area contributed by atoms with E-state index in [0.717, 1.165) is 9.90 Å². The minimum absolute atomic E-state index is 0.189. The van der Waals surface area contributed by atoms with Gasteiger partial charge in [0.05, 0.1) is 5.69 Å². The zero-order chi connectivity index (χ0) is 19.4. The molecule has 2 amide bonds. The van der Waals surface area contributed by atoms with E-state index in [0.29, 0.717) is 21.6 Å². The van der Waals surface area contributed by atoms with Crippen LogP contribution in [0, 0.1) is 6.92 Å². The average Bonchev–Trinajstić information content (AvgIpc) is 3.10. The fourth-order valence-corrected chi connectivity index (χ4v) is 3.93. The third-order valence-corrected chi connectivity index (χ3v) is 6.02. The lowest BCUT2D eigenvalue weighted by molar-refractivity contribution is -0.118. The van der Waals surface area contributed by atoms with Gasteiger partial charge in [0.1, 0.15) is 5.71 Å². The van der Waals surface area contributed by atoms with Crippen molar-refractivity contribution in [3.8, 4) is 0 Å². The van der Waals surface area contributed by atoms with E-state index in [-0.39, 0.29) is 24.5 Å². The first-order valence-corrected chi connectivity index (χ1v) is 10.2. The molecule has 1 N–H and O–H groups in total. The molecule has 0 fully saturated rings. The Bertz CT molecular complexity index is 928. The molecule has 0 saturated carbocycles. The molecule has 2 heterocycles. The molecule has 1 aliphatic heterocycles. The molecular weight excluding hydrogens is 406 g/mol. The summed E-state index contributed by atoms with van der Waals surface area (Å²) in [5.74, 6) is 0.124. The van der Waals surface area contributed by atoms with E-state index in [1.54, 1.807) is 24.3 Å². The average molecular weight is 422 g/mol. The normalized spacial score (nSPS) is 14.1. The van der Waals surface area contributed by atoms with Gasteiger partial charge in [-0.1, -0.05) is 46.8 Å². The first kappa shape index (κ1) is 19.5. The second-order valence-corrected chi connectivity index (χ2v) is 8.26. The van der Waals surface area contributed by atoms with Crippen molar-refractivity contribution in [3.63, 3.8) is 0 Å². The Hall–Kier alpha value is -2.23. The summed E-state index contributed by atoms with van der Waals surface area (Å²) in [5.41, 5.74) is 1.68. The van der Waals surface area contributed by atoms with Gasteiger partial charge in [0.2, 0.25) is 11.0 Å². The monoisotopic (exact) mass is 421 g/mol. The van der Waals surface area contributed by atoms with Gasteiger partial charge in [-0.05, 0) is 24.6 Å². The van der Waals surface area contributed by atoms with Crippen LogP contribution >= 0.6 is 34.7 Å². The molecular formula is C17H16ClN5O2S2. The number of thioether (sulfide) groups is 1. The maximum Gasteiger partial charge on any atom is 0.273 e. The zero-order valence-electron chi connectivity index (χ0n) is 14.4. The van der Waals surface area contributed by atoms with Crippen LogP contribution in [0.15, 0.2) is 40.3 Å². The lowest BCUT2D eigenvalue weighted by Gasteiger charge is -2.23. The number of nitrogens with zero attached hydrogens (tertiary/aromatic N) is 4. The molecule has 7 nitrogen and oxygen atoms in total. The number of aryl methyl sites for hydroxylation is 1. The summed E-state index contributed by atoms with van der Waals surface area (Å²) in [7, 11) is 0. The van der Waals surface area contributed by atoms with Crippen molar-refractivity contribution in [2.75, 3.05) is 16.1 Å². The van der Waals surface area contributed by atoms with Gasteiger partial charge in [-0.25, -0.2) is 5.01 Å². The molecule has 0 bridgehead atoms. The van der Waals surface area contributed by atoms with Crippen LogP contribution in [0.3, 0.4) is 0 Å². The van der Waals surface area contributed by atoms with Crippen LogP contribution in [-0.2, 0) is 9.59 Å². The van der Waals surface area contributed by atoms with Crippen molar-refractivity contribution in [1.29, 1.82) is 0 Å². The molecule has 0 spiro atoms. The van der Waals surface area contributed by atoms with Crippen LogP contribution in [0.4, 0.5) is 10.8 Å². The highest BCUT2D eigenvalue weighted by Crippen LogP contribution is 2.27. The zero-order valence-corrected chi connectivity index (χ0v) is 16.8. The molecule has 1 aliphatic rings. The molecule has 0 atom stereocenters. The van der Waals surface area contributed by atoms with Crippen molar-refractivity contribution >= 4 is 63.0 Å². The maximum atomic E-state index is 12.5. The Kier molecular flexibility index (Phi) is 6.25. The number of aromatic nitrogens is 2. The van der Waals surface area contributed by atoms with E-state index in [1.807, 2.05) is 6.92 Å². The molecule has 3 rings (SSSR count). The van der Waals surface area contributed by atoms with Gasteiger partial charge in [0.25, 0.3) is 5.91 Å². The first-order valence-electron chi connectivity index (χ1n) is 8.03. The SMILES string of the molecule is C=CCSc1nnc(NC(=O)C2=NN(c3ccc(C)c(Cl)c3)C(=O)CC2)s1. The number of hydrogen-bond donors (Lipinski definition) is 1. The maximum absolute atomic E-state index is 12.5. The number of amides is 2. The van der Waals surface area contributed by atoms with Gasteiger partial charge in [0.15, 0.2) is 4.34 Å². The smallest absolute Gasteiger partial charge is 0.273 e. The molecule has 0 radical (unpaired) electrons. The summed E-state index contributed by atoms with van der Waals surface area (Å²) in [6.45, 7) is 5.52. The number of nitrogens with one attached hydrogen (secondary N) is 1. The number of benzene rings is 1. The predicted molar refractivity (Wildman–Crippen MR) is 110 cm³/mol. The van der Waals surface area contributed by atoms with Gasteiger partial charge in [0, 0.05) is 23.6 Å². The van der Waals surface area contributed by atoms with E-state index in [2.05, 4.69) is 27.2 Å². The summed E-state index contributed by atoms with van der Waals surface area (Å²) in [4.78, 5) is 24.7. The second kappa shape index (κ2) is 8.64. The molecule has 10 heteroatoms. The van der Waals surface area contributed by atoms with Gasteiger partial charge >= 0.3 is 0 Å². The third-order valence-electron chi connectivity index (χ3n) is 3.65. The summed E-state index contributed by atoms with van der Waals surface area (Å²) in [6.07, 6.45) is 2.22. The van der Waals surface area contributed by atoms with Gasteiger partial charge in [-0.3, -0.25) is 14.9 Å². The topological polar surface area (TPSA) is 87.6 Å². The fourth-order valence-electron chi connectivity index (χ4n) is 2.25. The largest absolute Gasteiger partial charge is 0.295 e. The van der Waals surface area contributed by atoms with E-state index < -0.39 is 5.91 Å². The quantitative estimate of drug-likeness (QED) is 0.434. The predicted octanol–water partition coefficient (Wildman–Crippen LogP) is 3.90. The Labute approximate surface area is 169 Å². The molecule has 2 aromatic rings. The van der Waals surface area contributed by atoms with Crippen molar-refractivity contribution in [2.45, 2.75) is 24.1 Å². The van der Waals surface area contributed by atoms with Crippen LogP contribution in [0.25, 0.3) is 0 Å². The number of carbonyl (C=O) groups excluding carboxylic acids is 2. The van der Waals surface area contributed by atoms with Crippen LogP contribution in [-0.4, -0.2) is 33.5 Å². The molecule has 140 valence electrons. The third kappa shape index (κ3) is 4.74. The van der Waals surface area contributed by atoms with Crippen molar-refractivity contribution < 1.29 is 9.59 Å². The minimum atomic E-state index is -0.401. The standard InChI is InChI=1S/C17H16ClN5O2S2/c1-3-8-26-17-21-20-16(27-17)19-15(25)13-6-7-14(24)23(22-13)11-5-4-10(2)12(18)9-11/h3-5,9H,1,6-8H2,2H3,(H,19,20,25). The number of rotatable bonds is 6. The highest BCUT2D eigenvalue weighted by atomic mass is 35.5. The number of anilines is 2. The van der Waals surface area contributed by atoms with E-state index in [9.17, 15) is 9.59 Å². The van der Waals surface area contributed by atoms with Crippen molar-refractivity contribution in [1.82, 2.24) is 10.2 Å². The minimum Gasteiger partial charge on any atom is -0.295 e. The van der Waals surface area contributed by atoms with Crippen LogP contribution in [0.5, 0.6) is 0 Å². The van der Waals surface area contributed by atoms with E-state index >= 15 is 0 Å². The van der Waals surface area contributed by atoms with Crippen LogP contribution in [0.2, 0.25) is 5.02 Å². The highest BCUT2D eigenvalue weighted by Gasteiger charge is 2.26. The molecule has 0 aliphatic carbocycles. The van der Waals surface area contributed by atoms with Gasteiger partial charge in [-0.15, -0.1) is 16.8 Å². The van der Waals surface area contributed by atoms with Crippen molar-refractivity contribution in [3.05, 3.63) is 41.4 Å². The number of halogens is 1. The fraction of sp³-hybridized carbons (Fsp3) is 0.235. The Morgan fingerprint density at radius 1 is 1.44 bits per heavy atom. The summed E-state index contributed by atoms with van der Waals surface area (Å²) in [5, 5.41) is 17.0. The van der Waals surface area contributed by atoms with Crippen LogP contribution in [0.1, 0.15) is 18.4 Å². The lowest BCUT2D eigenvalue weighted by Crippen LogP contribution is -2.36. The summed E-state index contributed by atoms with van der Waals surface area (Å²) in [6, 6.07) is 5.21. The summed E-state index contributed by atoms with van der Waals surface area (Å²) < 4.78 is 0.738. The van der Waals surface area contributed by atoms with E-state index in [4.69, 9.17) is 11.6 Å².